The summed E-state index contributed by atoms with van der Waals surface area (Å²) < 4.78 is 5.73. The molecule has 0 spiro atoms. The molecule has 3 rings (SSSR count). The molecule has 0 bridgehead atoms. The van der Waals surface area contributed by atoms with Crippen molar-refractivity contribution >= 4 is 11.7 Å². The SMILES string of the molecule is Cc1ccc(NC(=O)CN(Cc2ccccn2)CC2CCCO2)nc1. The molecule has 1 saturated heterocycles. The van der Waals surface area contributed by atoms with E-state index in [4.69, 9.17) is 4.74 Å². The summed E-state index contributed by atoms with van der Waals surface area (Å²) in [5.41, 5.74) is 2.01. The van der Waals surface area contributed by atoms with E-state index in [2.05, 4.69) is 20.2 Å². The van der Waals surface area contributed by atoms with Gasteiger partial charge in [0.25, 0.3) is 0 Å². The minimum absolute atomic E-state index is 0.0784. The van der Waals surface area contributed by atoms with Gasteiger partial charge >= 0.3 is 0 Å². The van der Waals surface area contributed by atoms with Crippen molar-refractivity contribution < 1.29 is 9.53 Å². The third kappa shape index (κ3) is 5.62. The molecular formula is C19H24N4O2. The predicted octanol–water partition coefficient (Wildman–Crippen LogP) is 2.40. The lowest BCUT2D eigenvalue weighted by Crippen LogP contribution is -2.38. The molecule has 0 aliphatic carbocycles. The van der Waals surface area contributed by atoms with Gasteiger partial charge in [-0.15, -0.1) is 0 Å². The first-order chi connectivity index (χ1) is 12.2. The summed E-state index contributed by atoms with van der Waals surface area (Å²) in [6.45, 7) is 4.41. The molecule has 25 heavy (non-hydrogen) atoms. The standard InChI is InChI=1S/C19H24N4O2/c1-15-7-8-18(21-11-15)22-19(24)14-23(13-17-6-4-10-25-17)12-16-5-2-3-9-20-16/h2-3,5,7-9,11,17H,4,6,10,12-14H2,1H3,(H,21,22,24). The van der Waals surface area contributed by atoms with E-state index in [0.717, 1.165) is 37.3 Å². The Kier molecular flexibility index (Phi) is 6.09. The maximum Gasteiger partial charge on any atom is 0.239 e. The number of carbonyl (C=O) groups excluding carboxylic acids is 1. The van der Waals surface area contributed by atoms with Gasteiger partial charge in [-0.25, -0.2) is 4.98 Å². The van der Waals surface area contributed by atoms with E-state index in [1.54, 1.807) is 12.4 Å². The first-order valence-electron chi connectivity index (χ1n) is 8.65. The average Bonchev–Trinajstić information content (AvgIpc) is 3.11. The van der Waals surface area contributed by atoms with Crippen molar-refractivity contribution in [2.75, 3.05) is 25.0 Å². The molecule has 0 aromatic carbocycles. The summed E-state index contributed by atoms with van der Waals surface area (Å²) in [5.74, 6) is 0.496. The first kappa shape index (κ1) is 17.5. The maximum atomic E-state index is 12.4. The predicted molar refractivity (Wildman–Crippen MR) is 96.1 cm³/mol. The van der Waals surface area contributed by atoms with Gasteiger partial charge in [-0.05, 0) is 43.5 Å². The Bertz CT molecular complexity index is 670. The number of carbonyl (C=O) groups is 1. The number of hydrogen-bond donors (Lipinski definition) is 1. The van der Waals surface area contributed by atoms with Crippen LogP contribution in [0.25, 0.3) is 0 Å². The fourth-order valence-corrected chi connectivity index (χ4v) is 2.91. The lowest BCUT2D eigenvalue weighted by Gasteiger charge is -2.24. The number of nitrogens with one attached hydrogen (secondary N) is 1. The quantitative estimate of drug-likeness (QED) is 0.838. The van der Waals surface area contributed by atoms with Crippen molar-refractivity contribution in [3.05, 3.63) is 54.0 Å². The summed E-state index contributed by atoms with van der Waals surface area (Å²) in [5, 5.41) is 2.86. The topological polar surface area (TPSA) is 67.4 Å². The van der Waals surface area contributed by atoms with Crippen molar-refractivity contribution in [3.8, 4) is 0 Å². The molecule has 0 radical (unpaired) electrons. The molecule has 0 saturated carbocycles. The van der Waals surface area contributed by atoms with Gasteiger partial charge in [-0.1, -0.05) is 12.1 Å². The number of aromatic nitrogens is 2. The number of pyridine rings is 2. The van der Waals surface area contributed by atoms with Crippen LogP contribution in [0.4, 0.5) is 5.82 Å². The molecule has 6 nitrogen and oxygen atoms in total. The number of anilines is 1. The lowest BCUT2D eigenvalue weighted by atomic mass is 10.2. The van der Waals surface area contributed by atoms with Crippen LogP contribution in [0.3, 0.4) is 0 Å². The zero-order valence-corrected chi connectivity index (χ0v) is 14.5. The molecular weight excluding hydrogens is 316 g/mol. The molecule has 1 atom stereocenters. The van der Waals surface area contributed by atoms with E-state index >= 15 is 0 Å². The molecule has 6 heteroatoms. The Morgan fingerprint density at radius 1 is 1.32 bits per heavy atom. The van der Waals surface area contributed by atoms with Crippen LogP contribution in [0.1, 0.15) is 24.1 Å². The van der Waals surface area contributed by atoms with Crippen LogP contribution in [0, 0.1) is 6.92 Å². The molecule has 2 aromatic rings. The summed E-state index contributed by atoms with van der Waals surface area (Å²) in [6, 6.07) is 9.57. The molecule has 132 valence electrons. The maximum absolute atomic E-state index is 12.4. The third-order valence-electron chi connectivity index (χ3n) is 4.14. The summed E-state index contributed by atoms with van der Waals surface area (Å²) >= 11 is 0. The van der Waals surface area contributed by atoms with Crippen molar-refractivity contribution in [1.29, 1.82) is 0 Å². The second-order valence-electron chi connectivity index (χ2n) is 6.39. The highest BCUT2D eigenvalue weighted by Gasteiger charge is 2.21. The molecule has 1 aliphatic rings. The normalized spacial score (nSPS) is 17.0. The van der Waals surface area contributed by atoms with E-state index in [1.165, 1.54) is 0 Å². The number of amides is 1. The molecule has 2 aromatic heterocycles. The largest absolute Gasteiger partial charge is 0.377 e. The van der Waals surface area contributed by atoms with Crippen molar-refractivity contribution in [3.63, 3.8) is 0 Å². The highest BCUT2D eigenvalue weighted by Crippen LogP contribution is 2.15. The highest BCUT2D eigenvalue weighted by atomic mass is 16.5. The van der Waals surface area contributed by atoms with Crippen LogP contribution in [-0.2, 0) is 16.1 Å². The Hall–Kier alpha value is -2.31. The van der Waals surface area contributed by atoms with Gasteiger partial charge in [0.05, 0.1) is 18.3 Å². The second kappa shape index (κ2) is 8.69. The van der Waals surface area contributed by atoms with E-state index in [0.29, 0.717) is 12.4 Å². The van der Waals surface area contributed by atoms with Gasteiger partial charge in [0.15, 0.2) is 0 Å². The fourth-order valence-electron chi connectivity index (χ4n) is 2.91. The van der Waals surface area contributed by atoms with Gasteiger partial charge in [0.1, 0.15) is 5.82 Å². The smallest absolute Gasteiger partial charge is 0.239 e. The van der Waals surface area contributed by atoms with Crippen LogP contribution in [0.15, 0.2) is 42.7 Å². The van der Waals surface area contributed by atoms with Gasteiger partial charge in [-0.2, -0.15) is 0 Å². The minimum atomic E-state index is -0.0784. The monoisotopic (exact) mass is 340 g/mol. The Morgan fingerprint density at radius 2 is 2.24 bits per heavy atom. The molecule has 1 amide bonds. The van der Waals surface area contributed by atoms with Crippen LogP contribution in [0.2, 0.25) is 0 Å². The van der Waals surface area contributed by atoms with Gasteiger partial charge in [0, 0.05) is 32.1 Å². The Morgan fingerprint density at radius 3 is 2.92 bits per heavy atom. The Labute approximate surface area is 148 Å². The van der Waals surface area contributed by atoms with Crippen LogP contribution >= 0.6 is 0 Å². The zero-order valence-electron chi connectivity index (χ0n) is 14.5. The number of hydrogen-bond acceptors (Lipinski definition) is 5. The molecule has 1 N–H and O–H groups in total. The second-order valence-corrected chi connectivity index (χ2v) is 6.39. The average molecular weight is 340 g/mol. The molecule has 1 fully saturated rings. The number of aryl methyl sites for hydroxylation is 1. The van der Waals surface area contributed by atoms with E-state index in [9.17, 15) is 4.79 Å². The zero-order chi connectivity index (χ0) is 17.5. The Balaban J connectivity index is 1.61. The van der Waals surface area contributed by atoms with E-state index < -0.39 is 0 Å². The number of ether oxygens (including phenoxy) is 1. The van der Waals surface area contributed by atoms with E-state index in [1.807, 2.05) is 37.3 Å². The molecule has 1 aliphatic heterocycles. The van der Waals surface area contributed by atoms with Crippen LogP contribution < -0.4 is 5.32 Å². The lowest BCUT2D eigenvalue weighted by molar-refractivity contribution is -0.117. The van der Waals surface area contributed by atoms with Crippen molar-refractivity contribution in [2.24, 2.45) is 0 Å². The van der Waals surface area contributed by atoms with Crippen LogP contribution in [-0.4, -0.2) is 46.6 Å². The summed E-state index contributed by atoms with van der Waals surface area (Å²) in [4.78, 5) is 23.1. The molecule has 1 unspecified atom stereocenters. The summed E-state index contributed by atoms with van der Waals surface area (Å²) in [6.07, 6.45) is 5.83. The highest BCUT2D eigenvalue weighted by molar-refractivity contribution is 5.91. The summed E-state index contributed by atoms with van der Waals surface area (Å²) in [7, 11) is 0. The fraction of sp³-hybridized carbons (Fsp3) is 0.421. The molecule has 3 heterocycles. The van der Waals surface area contributed by atoms with Gasteiger partial charge in [0.2, 0.25) is 5.91 Å². The minimum Gasteiger partial charge on any atom is -0.377 e. The van der Waals surface area contributed by atoms with Crippen molar-refractivity contribution in [1.82, 2.24) is 14.9 Å². The first-order valence-corrected chi connectivity index (χ1v) is 8.65. The number of nitrogens with zero attached hydrogens (tertiary/aromatic N) is 3. The van der Waals surface area contributed by atoms with Gasteiger partial charge < -0.3 is 10.1 Å². The number of rotatable bonds is 7. The van der Waals surface area contributed by atoms with E-state index in [-0.39, 0.29) is 18.6 Å². The van der Waals surface area contributed by atoms with Crippen molar-refractivity contribution in [2.45, 2.75) is 32.4 Å². The van der Waals surface area contributed by atoms with Gasteiger partial charge in [-0.3, -0.25) is 14.7 Å². The third-order valence-corrected chi connectivity index (χ3v) is 4.14. The van der Waals surface area contributed by atoms with Crippen LogP contribution in [0.5, 0.6) is 0 Å².